The second-order valence-electron chi connectivity index (χ2n) is 5.08. The third-order valence-electron chi connectivity index (χ3n) is 3.50. The van der Waals surface area contributed by atoms with Gasteiger partial charge in [-0.3, -0.25) is 14.5 Å². The smallest absolute Gasteiger partial charge is 0.353 e. The number of carbonyl (C=O) groups is 3. The van der Waals surface area contributed by atoms with Crippen LogP contribution in [-0.2, 0) is 26.2 Å². The van der Waals surface area contributed by atoms with E-state index >= 15 is 0 Å². The van der Waals surface area contributed by atoms with Gasteiger partial charge in [0.15, 0.2) is 0 Å². The molecule has 1 saturated heterocycles. The van der Waals surface area contributed by atoms with E-state index in [1.54, 1.807) is 7.05 Å². The first-order chi connectivity index (χ1) is 11.4. The summed E-state index contributed by atoms with van der Waals surface area (Å²) in [6, 6.07) is 0. The van der Waals surface area contributed by atoms with Gasteiger partial charge < -0.3 is 9.84 Å². The lowest BCUT2D eigenvalue weighted by Crippen LogP contribution is -2.58. The van der Waals surface area contributed by atoms with Crippen molar-refractivity contribution < 1.29 is 24.2 Å². The third kappa shape index (κ3) is 2.86. The number of carboxylic acid groups (broad SMARTS) is 1. The number of amides is 1. The third-order valence-corrected chi connectivity index (χ3v) is 6.13. The number of rotatable bonds is 6. The lowest BCUT2D eigenvalue weighted by molar-refractivity contribution is -0.158. The Morgan fingerprint density at radius 3 is 2.79 bits per heavy atom. The van der Waals surface area contributed by atoms with Crippen molar-refractivity contribution in [2.24, 2.45) is 13.0 Å². The SMILES string of the molecule is CC(=O)OCC1C(=O)N2C(C(=O)O)=C(CSc3nnnn3C)S[C@H]12. The zero-order chi connectivity index (χ0) is 17.4. The molecule has 0 spiro atoms. The molecule has 2 atom stereocenters. The molecule has 1 fully saturated rings. The van der Waals surface area contributed by atoms with E-state index in [0.29, 0.717) is 15.8 Å². The van der Waals surface area contributed by atoms with Gasteiger partial charge in [-0.15, -0.1) is 16.9 Å². The van der Waals surface area contributed by atoms with Crippen LogP contribution >= 0.6 is 23.5 Å². The molecule has 128 valence electrons. The number of ether oxygens (including phenoxy) is 1. The Bertz CT molecular complexity index is 748. The molecule has 0 bridgehead atoms. The van der Waals surface area contributed by atoms with Crippen molar-refractivity contribution in [3.8, 4) is 0 Å². The van der Waals surface area contributed by atoms with Crippen LogP contribution < -0.4 is 0 Å². The Morgan fingerprint density at radius 1 is 1.46 bits per heavy atom. The van der Waals surface area contributed by atoms with Gasteiger partial charge in [0.1, 0.15) is 23.6 Å². The molecular formula is C12H13N5O5S2. The minimum absolute atomic E-state index is 0.0169. The first kappa shape index (κ1) is 16.8. The summed E-state index contributed by atoms with van der Waals surface area (Å²) in [7, 11) is 1.68. The fourth-order valence-electron chi connectivity index (χ4n) is 2.39. The van der Waals surface area contributed by atoms with Crippen LogP contribution in [0.3, 0.4) is 0 Å². The molecule has 1 N–H and O–H groups in total. The van der Waals surface area contributed by atoms with Crippen molar-refractivity contribution in [1.29, 1.82) is 0 Å². The van der Waals surface area contributed by atoms with E-state index < -0.39 is 17.9 Å². The van der Waals surface area contributed by atoms with E-state index in [9.17, 15) is 19.5 Å². The van der Waals surface area contributed by atoms with E-state index in [1.807, 2.05) is 0 Å². The Labute approximate surface area is 144 Å². The van der Waals surface area contributed by atoms with Gasteiger partial charge in [0.05, 0.1) is 0 Å². The summed E-state index contributed by atoms with van der Waals surface area (Å²) in [5.74, 6) is -2.16. The highest BCUT2D eigenvalue weighted by Crippen LogP contribution is 2.50. The molecule has 0 aromatic carbocycles. The molecular weight excluding hydrogens is 358 g/mol. The number of hydrogen-bond donors (Lipinski definition) is 1. The van der Waals surface area contributed by atoms with Gasteiger partial charge >= 0.3 is 11.9 Å². The van der Waals surface area contributed by atoms with E-state index in [2.05, 4.69) is 15.5 Å². The van der Waals surface area contributed by atoms with Crippen LogP contribution in [-0.4, -0.2) is 65.8 Å². The number of hydrogen-bond acceptors (Lipinski definition) is 9. The average Bonchev–Trinajstić information content (AvgIpc) is 3.06. The normalized spacial score (nSPS) is 22.4. The molecule has 1 unspecified atom stereocenters. The van der Waals surface area contributed by atoms with Crippen LogP contribution in [0.4, 0.5) is 0 Å². The summed E-state index contributed by atoms with van der Waals surface area (Å²) >= 11 is 2.59. The number of aryl methyl sites for hydroxylation is 1. The molecule has 2 aliphatic rings. The Morgan fingerprint density at radius 2 is 2.21 bits per heavy atom. The molecule has 12 heteroatoms. The number of thioether (sulfide) groups is 2. The van der Waals surface area contributed by atoms with Crippen LogP contribution in [0.5, 0.6) is 0 Å². The quantitative estimate of drug-likeness (QED) is 0.404. The van der Waals surface area contributed by atoms with Gasteiger partial charge in [-0.1, -0.05) is 11.8 Å². The monoisotopic (exact) mass is 371 g/mol. The number of tetrazole rings is 1. The van der Waals surface area contributed by atoms with Crippen molar-refractivity contribution >= 4 is 41.4 Å². The van der Waals surface area contributed by atoms with Crippen molar-refractivity contribution in [2.45, 2.75) is 17.5 Å². The van der Waals surface area contributed by atoms with Gasteiger partial charge in [-0.05, 0) is 10.4 Å². The van der Waals surface area contributed by atoms with Crippen LogP contribution in [0.1, 0.15) is 6.92 Å². The lowest BCUT2D eigenvalue weighted by Gasteiger charge is -2.41. The highest BCUT2D eigenvalue weighted by molar-refractivity contribution is 8.06. The highest BCUT2D eigenvalue weighted by atomic mass is 32.2. The molecule has 0 aliphatic carbocycles. The van der Waals surface area contributed by atoms with Crippen LogP contribution in [0, 0.1) is 5.92 Å². The number of carboxylic acids is 1. The molecule has 1 aromatic rings. The van der Waals surface area contributed by atoms with E-state index in [0.717, 1.165) is 0 Å². The molecule has 24 heavy (non-hydrogen) atoms. The summed E-state index contributed by atoms with van der Waals surface area (Å²) in [4.78, 5) is 36.5. The Balaban J connectivity index is 1.72. The van der Waals surface area contributed by atoms with Gasteiger partial charge in [-0.2, -0.15) is 0 Å². The number of carbonyl (C=O) groups excluding carboxylic acids is 2. The van der Waals surface area contributed by atoms with Gasteiger partial charge in [0, 0.05) is 24.6 Å². The Hall–Kier alpha value is -2.08. The fraction of sp³-hybridized carbons (Fsp3) is 0.500. The highest BCUT2D eigenvalue weighted by Gasteiger charge is 2.56. The van der Waals surface area contributed by atoms with Crippen LogP contribution in [0.15, 0.2) is 15.8 Å². The predicted octanol–water partition coefficient (Wildman–Crippen LogP) is -0.307. The maximum atomic E-state index is 12.2. The molecule has 3 heterocycles. The van der Waals surface area contributed by atoms with Gasteiger partial charge in [0.25, 0.3) is 0 Å². The standard InChI is InChI=1S/C12H13N5O5S2/c1-5(18)22-3-6-9(19)17-8(11(20)21)7(24-10(6)17)4-23-12-13-14-15-16(12)2/h6,10H,3-4H2,1-2H3,(H,20,21)/t6?,10-/m1/s1. The summed E-state index contributed by atoms with van der Waals surface area (Å²) in [6.07, 6.45) is 0. The van der Waals surface area contributed by atoms with Crippen molar-refractivity contribution in [3.05, 3.63) is 10.6 Å². The summed E-state index contributed by atoms with van der Waals surface area (Å²) < 4.78 is 6.37. The fourth-order valence-corrected chi connectivity index (χ4v) is 4.82. The maximum Gasteiger partial charge on any atom is 0.353 e. The minimum atomic E-state index is -1.16. The topological polar surface area (TPSA) is 128 Å². The lowest BCUT2D eigenvalue weighted by atomic mass is 9.98. The molecule has 1 amide bonds. The van der Waals surface area contributed by atoms with Gasteiger partial charge in [-0.25, -0.2) is 9.48 Å². The van der Waals surface area contributed by atoms with E-state index in [1.165, 1.54) is 40.0 Å². The van der Waals surface area contributed by atoms with Crippen molar-refractivity contribution in [3.63, 3.8) is 0 Å². The average molecular weight is 371 g/mol. The van der Waals surface area contributed by atoms with Crippen molar-refractivity contribution in [1.82, 2.24) is 25.1 Å². The molecule has 2 aliphatic heterocycles. The van der Waals surface area contributed by atoms with E-state index in [-0.39, 0.29) is 23.6 Å². The van der Waals surface area contributed by atoms with E-state index in [4.69, 9.17) is 4.74 Å². The molecule has 0 saturated carbocycles. The zero-order valence-electron chi connectivity index (χ0n) is 12.7. The summed E-state index contributed by atoms with van der Waals surface area (Å²) in [5, 5.41) is 20.7. The number of aromatic nitrogens is 4. The van der Waals surface area contributed by atoms with Crippen LogP contribution in [0.25, 0.3) is 0 Å². The Kier molecular flexibility index (Phi) is 4.49. The predicted molar refractivity (Wildman–Crippen MR) is 82.5 cm³/mol. The summed E-state index contributed by atoms with van der Waals surface area (Å²) in [6.45, 7) is 1.23. The second kappa shape index (κ2) is 6.43. The summed E-state index contributed by atoms with van der Waals surface area (Å²) in [5.41, 5.74) is -0.0169. The van der Waals surface area contributed by atoms with Gasteiger partial charge in [0.2, 0.25) is 11.1 Å². The second-order valence-corrected chi connectivity index (χ2v) is 7.23. The first-order valence-corrected chi connectivity index (χ1v) is 8.71. The molecule has 1 aromatic heterocycles. The number of esters is 1. The van der Waals surface area contributed by atoms with Crippen molar-refractivity contribution in [2.75, 3.05) is 12.4 Å². The number of β-lactam (4-membered cyclic amide) rings is 1. The molecule has 3 rings (SSSR count). The van der Waals surface area contributed by atoms with Crippen LogP contribution in [0.2, 0.25) is 0 Å². The largest absolute Gasteiger partial charge is 0.477 e. The minimum Gasteiger partial charge on any atom is -0.477 e. The number of aliphatic carboxylic acids is 1. The molecule has 10 nitrogen and oxygen atoms in total. The first-order valence-electron chi connectivity index (χ1n) is 6.85. The molecule has 0 radical (unpaired) electrons. The number of nitrogens with zero attached hydrogens (tertiary/aromatic N) is 5. The zero-order valence-corrected chi connectivity index (χ0v) is 14.3. The number of fused-ring (bicyclic) bond motifs is 1. The maximum absolute atomic E-state index is 12.2.